The molecular weight excluding hydrogens is 904 g/mol. The Hall–Kier alpha value is -8.12. The van der Waals surface area contributed by atoms with Crippen molar-refractivity contribution in [1.82, 2.24) is 4.57 Å². The lowest BCUT2D eigenvalue weighted by Gasteiger charge is -2.42. The molecule has 0 unspecified atom stereocenters. The van der Waals surface area contributed by atoms with Gasteiger partial charge in [-0.25, -0.2) is 0 Å². The van der Waals surface area contributed by atoms with Gasteiger partial charge in [-0.1, -0.05) is 193 Å². The third kappa shape index (κ3) is 6.19. The van der Waals surface area contributed by atoms with Gasteiger partial charge in [0.2, 0.25) is 0 Å². The van der Waals surface area contributed by atoms with Crippen molar-refractivity contribution in [2.75, 3.05) is 4.90 Å². The summed E-state index contributed by atoms with van der Waals surface area (Å²) in [4.78, 5) is 2.69. The first-order chi connectivity index (χ1) is 35.5. The number of furan rings is 1. The quantitative estimate of drug-likeness (QED) is 0.164. The molecule has 15 rings (SSSR count). The summed E-state index contributed by atoms with van der Waals surface area (Å²) in [6.07, 6.45) is 0. The number of fused-ring (bicyclic) bond motifs is 14. The molecule has 0 saturated heterocycles. The number of hydrogen-bond donors (Lipinski definition) is 0. The second-order valence-corrected chi connectivity index (χ2v) is 23.5. The summed E-state index contributed by atoms with van der Waals surface area (Å²) in [6.45, 7) is 13.7. The molecule has 3 aromatic heterocycles. The topological polar surface area (TPSA) is 21.3 Å². The molecule has 3 nitrogen and oxygen atoms in total. The van der Waals surface area contributed by atoms with Crippen LogP contribution in [0, 0.1) is 0 Å². The summed E-state index contributed by atoms with van der Waals surface area (Å²) >= 11 is 1.90. The van der Waals surface area contributed by atoms with E-state index in [9.17, 15) is 0 Å². The number of rotatable bonds is 4. The van der Waals surface area contributed by atoms with Crippen molar-refractivity contribution in [2.45, 2.75) is 52.4 Å². The molecule has 13 aromatic rings. The van der Waals surface area contributed by atoms with Gasteiger partial charge in [-0.3, -0.25) is 0 Å². The van der Waals surface area contributed by atoms with Crippen molar-refractivity contribution >= 4 is 115 Å². The van der Waals surface area contributed by atoms with Crippen LogP contribution in [0.5, 0.6) is 0 Å². The minimum atomic E-state index is -0.164. The van der Waals surface area contributed by atoms with Crippen molar-refractivity contribution in [1.29, 1.82) is 0 Å². The average Bonchev–Trinajstić information content (AvgIpc) is 4.08. The molecule has 73 heavy (non-hydrogen) atoms. The van der Waals surface area contributed by atoms with E-state index in [-0.39, 0.29) is 17.5 Å². The average molecular weight is 955 g/mol. The molecule has 0 radical (unpaired) electrons. The van der Waals surface area contributed by atoms with Gasteiger partial charge in [-0.05, 0) is 109 Å². The summed E-state index contributed by atoms with van der Waals surface area (Å²) in [6, 6.07) is 75.7. The molecule has 0 saturated carbocycles. The highest BCUT2D eigenvalue weighted by atomic mass is 32.1. The minimum Gasteiger partial charge on any atom is -0.457 e. The standard InChI is InChI=1S/C68H51BN2OS/c1-67(2,3)44-23-16-21-41(33-44)46-28-18-29-47(42-22-17-24-45(34-42)68(4,5)6)64(46)71-56-38-51-50-27-12-15-32-60(50)73-61(51)39-54(56)69-62-57(35-43(36-58(62)71)40-19-8-7-9-20-40)70-55-30-13-10-25-48(55)52-37-53-49-26-11-14-31-59(49)72-66(53)63(69)65(52)70/h7-39H,1-6H3. The fraction of sp³-hybridized carbons (Fsp3) is 0.118. The summed E-state index contributed by atoms with van der Waals surface area (Å²) < 4.78 is 12.4. The molecule has 0 amide bonds. The van der Waals surface area contributed by atoms with E-state index in [1.54, 1.807) is 0 Å². The number of hydrogen-bond acceptors (Lipinski definition) is 3. The van der Waals surface area contributed by atoms with E-state index in [0.717, 1.165) is 21.9 Å². The molecular formula is C68H51BN2OS. The van der Waals surface area contributed by atoms with Gasteiger partial charge in [-0.2, -0.15) is 0 Å². The van der Waals surface area contributed by atoms with E-state index in [1.807, 2.05) is 11.3 Å². The van der Waals surface area contributed by atoms with Gasteiger partial charge in [0.15, 0.2) is 0 Å². The number of anilines is 3. The molecule has 0 fully saturated rings. The lowest BCUT2D eigenvalue weighted by Crippen LogP contribution is -2.60. The molecule has 5 heteroatoms. The Morgan fingerprint density at radius 2 is 1.04 bits per heavy atom. The summed E-state index contributed by atoms with van der Waals surface area (Å²) in [5, 5.41) is 7.34. The van der Waals surface area contributed by atoms with Crippen LogP contribution in [-0.2, 0) is 10.8 Å². The lowest BCUT2D eigenvalue weighted by molar-refractivity contribution is 0.590. The Balaban J connectivity index is 1.16. The van der Waals surface area contributed by atoms with Crippen LogP contribution in [0.2, 0.25) is 0 Å². The van der Waals surface area contributed by atoms with Gasteiger partial charge in [0.05, 0.1) is 16.7 Å². The van der Waals surface area contributed by atoms with E-state index in [2.05, 4.69) is 251 Å². The number of thiophene rings is 1. The monoisotopic (exact) mass is 954 g/mol. The van der Waals surface area contributed by atoms with Gasteiger partial charge >= 0.3 is 0 Å². The van der Waals surface area contributed by atoms with Gasteiger partial charge in [-0.15, -0.1) is 11.3 Å². The number of aromatic nitrogens is 1. The second kappa shape index (κ2) is 15.2. The van der Waals surface area contributed by atoms with E-state index in [1.165, 1.54) is 126 Å². The third-order valence-corrected chi connectivity index (χ3v) is 17.2. The number of benzene rings is 10. The third-order valence-electron chi connectivity index (χ3n) is 16.1. The highest BCUT2D eigenvalue weighted by Crippen LogP contribution is 2.52. The molecule has 0 atom stereocenters. The van der Waals surface area contributed by atoms with Crippen LogP contribution in [0.3, 0.4) is 0 Å². The van der Waals surface area contributed by atoms with Crippen molar-refractivity contribution in [3.8, 4) is 39.1 Å². The Morgan fingerprint density at radius 3 is 1.77 bits per heavy atom. The van der Waals surface area contributed by atoms with Gasteiger partial charge in [0.25, 0.3) is 6.71 Å². The van der Waals surface area contributed by atoms with Crippen molar-refractivity contribution in [3.63, 3.8) is 0 Å². The maximum atomic E-state index is 7.24. The smallest absolute Gasteiger partial charge is 0.257 e. The first-order valence-corrected chi connectivity index (χ1v) is 26.5. The van der Waals surface area contributed by atoms with Gasteiger partial charge < -0.3 is 13.9 Å². The van der Waals surface area contributed by atoms with Crippen LogP contribution >= 0.6 is 11.3 Å². The zero-order valence-electron chi connectivity index (χ0n) is 41.8. The Bertz CT molecular complexity index is 4410. The molecule has 0 bridgehead atoms. The molecule has 0 spiro atoms. The maximum Gasteiger partial charge on any atom is 0.257 e. The zero-order valence-corrected chi connectivity index (χ0v) is 42.7. The summed E-state index contributed by atoms with van der Waals surface area (Å²) in [5.41, 5.74) is 22.4. The Morgan fingerprint density at radius 1 is 0.425 bits per heavy atom. The molecule has 2 aliphatic rings. The molecule has 348 valence electrons. The van der Waals surface area contributed by atoms with Crippen LogP contribution in [0.4, 0.5) is 17.1 Å². The molecule has 5 heterocycles. The van der Waals surface area contributed by atoms with E-state index in [0.29, 0.717) is 0 Å². The van der Waals surface area contributed by atoms with Crippen molar-refractivity contribution < 1.29 is 4.42 Å². The minimum absolute atomic E-state index is 0.0469. The van der Waals surface area contributed by atoms with E-state index < -0.39 is 0 Å². The zero-order chi connectivity index (χ0) is 49.1. The van der Waals surface area contributed by atoms with Gasteiger partial charge in [0.1, 0.15) is 11.2 Å². The molecule has 0 aliphatic carbocycles. The van der Waals surface area contributed by atoms with E-state index in [4.69, 9.17) is 4.42 Å². The predicted octanol–water partition coefficient (Wildman–Crippen LogP) is 17.3. The Kier molecular flexibility index (Phi) is 8.87. The highest BCUT2D eigenvalue weighted by Gasteiger charge is 2.45. The second-order valence-electron chi connectivity index (χ2n) is 22.4. The van der Waals surface area contributed by atoms with E-state index >= 15 is 0 Å². The molecule has 2 aliphatic heterocycles. The number of para-hydroxylation sites is 3. The van der Waals surface area contributed by atoms with Crippen molar-refractivity contribution in [3.05, 3.63) is 211 Å². The lowest BCUT2D eigenvalue weighted by atomic mass is 9.33. The van der Waals surface area contributed by atoms with Crippen LogP contribution in [-0.4, -0.2) is 11.3 Å². The fourth-order valence-electron chi connectivity index (χ4n) is 12.5. The largest absolute Gasteiger partial charge is 0.457 e. The van der Waals surface area contributed by atoms with Crippen LogP contribution < -0.4 is 21.3 Å². The Labute approximate surface area is 429 Å². The number of nitrogens with zero attached hydrogens (tertiary/aromatic N) is 2. The first-order valence-electron chi connectivity index (χ1n) is 25.7. The van der Waals surface area contributed by atoms with Crippen LogP contribution in [0.1, 0.15) is 52.7 Å². The highest BCUT2D eigenvalue weighted by molar-refractivity contribution is 7.26. The summed E-state index contributed by atoms with van der Waals surface area (Å²) in [7, 11) is 0. The maximum absolute atomic E-state index is 7.24. The van der Waals surface area contributed by atoms with Crippen LogP contribution in [0.25, 0.3) is 103 Å². The first kappa shape index (κ1) is 42.6. The molecule has 0 N–H and O–H groups in total. The summed E-state index contributed by atoms with van der Waals surface area (Å²) in [5.74, 6) is 0. The van der Waals surface area contributed by atoms with Crippen LogP contribution in [0.15, 0.2) is 205 Å². The van der Waals surface area contributed by atoms with Crippen molar-refractivity contribution in [2.24, 2.45) is 0 Å². The SMILES string of the molecule is CC(C)(C)c1cccc(-c2cccc(-c3cccc(C(C)(C)C)c3)c2N2c3cc4c(cc3B3c5c2cc(-c2ccccc2)cc5-n2c5ccccc5c5cc6c(oc7ccccc76)c3c52)sc2ccccc24)c1. The molecule has 10 aromatic carbocycles. The van der Waals surface area contributed by atoms with Gasteiger partial charge in [0, 0.05) is 69.9 Å². The predicted molar refractivity (Wildman–Crippen MR) is 314 cm³/mol. The normalized spacial score (nSPS) is 13.3. The fourth-order valence-corrected chi connectivity index (χ4v) is 13.7.